The standard InChI is InChI=1S/C15H22N2O3/c1-5-15(16,6-2)14(20)17-11-7-9(3)10(4)12(8-11)13(18)19/h7-8H,5-6,16H2,1-4H3,(H,17,20)(H,18,19). The lowest BCUT2D eigenvalue weighted by Crippen LogP contribution is -2.50. The van der Waals surface area contributed by atoms with Gasteiger partial charge in [0.05, 0.1) is 11.1 Å². The summed E-state index contributed by atoms with van der Waals surface area (Å²) in [6, 6.07) is 3.22. The van der Waals surface area contributed by atoms with Gasteiger partial charge in [0, 0.05) is 5.69 Å². The number of amides is 1. The van der Waals surface area contributed by atoms with Crippen LogP contribution in [0.5, 0.6) is 0 Å². The molecule has 0 saturated carbocycles. The first-order valence-corrected chi connectivity index (χ1v) is 6.70. The fraction of sp³-hybridized carbons (Fsp3) is 0.467. The molecule has 0 unspecified atom stereocenters. The molecule has 0 bridgehead atoms. The van der Waals surface area contributed by atoms with Gasteiger partial charge in [0.15, 0.2) is 0 Å². The molecule has 0 aliphatic heterocycles. The van der Waals surface area contributed by atoms with Crippen molar-refractivity contribution in [3.63, 3.8) is 0 Å². The maximum atomic E-state index is 12.2. The Bertz CT molecular complexity index is 534. The molecule has 0 aliphatic rings. The van der Waals surface area contributed by atoms with Crippen LogP contribution in [0.3, 0.4) is 0 Å². The van der Waals surface area contributed by atoms with Gasteiger partial charge < -0.3 is 16.2 Å². The van der Waals surface area contributed by atoms with Crippen molar-refractivity contribution < 1.29 is 14.7 Å². The van der Waals surface area contributed by atoms with E-state index in [1.165, 1.54) is 6.07 Å². The third kappa shape index (κ3) is 3.17. The van der Waals surface area contributed by atoms with E-state index in [1.807, 2.05) is 20.8 Å². The number of aryl methyl sites for hydroxylation is 1. The van der Waals surface area contributed by atoms with E-state index in [0.717, 1.165) is 5.56 Å². The van der Waals surface area contributed by atoms with Crippen molar-refractivity contribution in [1.29, 1.82) is 0 Å². The smallest absolute Gasteiger partial charge is 0.336 e. The number of hydrogen-bond donors (Lipinski definition) is 3. The molecule has 0 aromatic heterocycles. The second-order valence-electron chi connectivity index (χ2n) is 5.09. The Balaban J connectivity index is 3.11. The number of carboxylic acid groups (broad SMARTS) is 1. The molecule has 0 heterocycles. The molecule has 0 radical (unpaired) electrons. The summed E-state index contributed by atoms with van der Waals surface area (Å²) in [4.78, 5) is 23.4. The van der Waals surface area contributed by atoms with Crippen LogP contribution >= 0.6 is 0 Å². The summed E-state index contributed by atoms with van der Waals surface area (Å²) < 4.78 is 0. The maximum Gasteiger partial charge on any atom is 0.336 e. The second kappa shape index (κ2) is 6.05. The summed E-state index contributed by atoms with van der Waals surface area (Å²) in [5.74, 6) is -1.30. The SMILES string of the molecule is CCC(N)(CC)C(=O)Nc1cc(C)c(C)c(C(=O)O)c1. The molecule has 20 heavy (non-hydrogen) atoms. The Kier molecular flexibility index (Phi) is 4.89. The summed E-state index contributed by atoms with van der Waals surface area (Å²) in [7, 11) is 0. The number of hydrogen-bond acceptors (Lipinski definition) is 3. The Morgan fingerprint density at radius 2 is 1.80 bits per heavy atom. The Hall–Kier alpha value is -1.88. The summed E-state index contributed by atoms with van der Waals surface area (Å²) in [6.07, 6.45) is 1.04. The fourth-order valence-corrected chi connectivity index (χ4v) is 1.98. The molecule has 4 N–H and O–H groups in total. The van der Waals surface area contributed by atoms with E-state index in [2.05, 4.69) is 5.32 Å². The van der Waals surface area contributed by atoms with Crippen LogP contribution in [0.15, 0.2) is 12.1 Å². The van der Waals surface area contributed by atoms with E-state index in [4.69, 9.17) is 10.8 Å². The normalized spacial score (nSPS) is 11.2. The average Bonchev–Trinajstić information content (AvgIpc) is 2.41. The Morgan fingerprint density at radius 3 is 2.25 bits per heavy atom. The lowest BCUT2D eigenvalue weighted by atomic mass is 9.93. The van der Waals surface area contributed by atoms with Gasteiger partial charge in [0.25, 0.3) is 0 Å². The Labute approximate surface area is 119 Å². The van der Waals surface area contributed by atoms with Gasteiger partial charge in [-0.3, -0.25) is 4.79 Å². The Morgan fingerprint density at radius 1 is 1.25 bits per heavy atom. The molecular formula is C15H22N2O3. The predicted molar refractivity (Wildman–Crippen MR) is 79.0 cm³/mol. The molecule has 1 amide bonds. The van der Waals surface area contributed by atoms with Crippen LogP contribution in [0.4, 0.5) is 5.69 Å². The van der Waals surface area contributed by atoms with Crippen LogP contribution < -0.4 is 11.1 Å². The molecule has 0 fully saturated rings. The minimum absolute atomic E-state index is 0.191. The van der Waals surface area contributed by atoms with Crippen LogP contribution in [-0.2, 0) is 4.79 Å². The van der Waals surface area contributed by atoms with E-state index >= 15 is 0 Å². The quantitative estimate of drug-likeness (QED) is 0.771. The number of nitrogens with one attached hydrogen (secondary N) is 1. The van der Waals surface area contributed by atoms with Gasteiger partial charge >= 0.3 is 5.97 Å². The largest absolute Gasteiger partial charge is 0.478 e. The van der Waals surface area contributed by atoms with Crippen LogP contribution in [-0.4, -0.2) is 22.5 Å². The lowest BCUT2D eigenvalue weighted by molar-refractivity contribution is -0.121. The van der Waals surface area contributed by atoms with Crippen LogP contribution in [0.25, 0.3) is 0 Å². The van der Waals surface area contributed by atoms with Gasteiger partial charge in [-0.2, -0.15) is 0 Å². The first kappa shape index (κ1) is 16.2. The van der Waals surface area contributed by atoms with Crippen molar-refractivity contribution in [2.75, 3.05) is 5.32 Å². The highest BCUT2D eigenvalue weighted by Crippen LogP contribution is 2.22. The highest BCUT2D eigenvalue weighted by molar-refractivity contribution is 5.99. The maximum absolute atomic E-state index is 12.2. The second-order valence-corrected chi connectivity index (χ2v) is 5.09. The van der Waals surface area contributed by atoms with E-state index in [-0.39, 0.29) is 11.5 Å². The molecule has 0 atom stereocenters. The first-order chi connectivity index (χ1) is 9.25. The van der Waals surface area contributed by atoms with E-state index < -0.39 is 11.5 Å². The number of nitrogens with two attached hydrogens (primary N) is 1. The molecule has 0 spiro atoms. The molecule has 1 aromatic carbocycles. The van der Waals surface area contributed by atoms with Crippen molar-refractivity contribution in [3.8, 4) is 0 Å². The molecule has 1 aromatic rings. The minimum Gasteiger partial charge on any atom is -0.478 e. The number of carbonyl (C=O) groups excluding carboxylic acids is 1. The molecule has 5 nitrogen and oxygen atoms in total. The van der Waals surface area contributed by atoms with Gasteiger partial charge in [-0.25, -0.2) is 4.79 Å². The van der Waals surface area contributed by atoms with E-state index in [9.17, 15) is 9.59 Å². The number of carboxylic acids is 1. The number of rotatable bonds is 5. The molecule has 0 saturated heterocycles. The summed E-state index contributed by atoms with van der Waals surface area (Å²) in [5.41, 5.74) is 7.26. The lowest BCUT2D eigenvalue weighted by Gasteiger charge is -2.25. The van der Waals surface area contributed by atoms with Crippen molar-refractivity contribution in [1.82, 2.24) is 0 Å². The predicted octanol–water partition coefficient (Wildman–Crippen LogP) is 2.46. The van der Waals surface area contributed by atoms with Crippen LogP contribution in [0.1, 0.15) is 48.2 Å². The molecule has 0 aliphatic carbocycles. The van der Waals surface area contributed by atoms with Crippen molar-refractivity contribution in [2.45, 2.75) is 46.1 Å². The van der Waals surface area contributed by atoms with Gasteiger partial charge in [0.2, 0.25) is 5.91 Å². The zero-order valence-corrected chi connectivity index (χ0v) is 12.4. The van der Waals surface area contributed by atoms with Crippen LogP contribution in [0, 0.1) is 13.8 Å². The molecular weight excluding hydrogens is 256 g/mol. The highest BCUT2D eigenvalue weighted by Gasteiger charge is 2.30. The monoisotopic (exact) mass is 278 g/mol. The molecule has 5 heteroatoms. The minimum atomic E-state index is -1.01. The summed E-state index contributed by atoms with van der Waals surface area (Å²) >= 11 is 0. The molecule has 110 valence electrons. The first-order valence-electron chi connectivity index (χ1n) is 6.70. The van der Waals surface area contributed by atoms with E-state index in [0.29, 0.717) is 24.1 Å². The number of anilines is 1. The number of benzene rings is 1. The van der Waals surface area contributed by atoms with Crippen molar-refractivity contribution >= 4 is 17.6 Å². The van der Waals surface area contributed by atoms with E-state index in [1.54, 1.807) is 13.0 Å². The zero-order chi connectivity index (χ0) is 15.5. The van der Waals surface area contributed by atoms with Crippen molar-refractivity contribution in [2.24, 2.45) is 5.73 Å². The summed E-state index contributed by atoms with van der Waals surface area (Å²) in [6.45, 7) is 7.26. The topological polar surface area (TPSA) is 92.4 Å². The summed E-state index contributed by atoms with van der Waals surface area (Å²) in [5, 5.41) is 11.9. The number of aromatic carboxylic acids is 1. The van der Waals surface area contributed by atoms with Gasteiger partial charge in [0.1, 0.15) is 0 Å². The fourth-order valence-electron chi connectivity index (χ4n) is 1.98. The van der Waals surface area contributed by atoms with Crippen LogP contribution in [0.2, 0.25) is 0 Å². The van der Waals surface area contributed by atoms with Crippen molar-refractivity contribution in [3.05, 3.63) is 28.8 Å². The zero-order valence-electron chi connectivity index (χ0n) is 12.4. The van der Waals surface area contributed by atoms with Gasteiger partial charge in [-0.1, -0.05) is 13.8 Å². The third-order valence-electron chi connectivity index (χ3n) is 3.87. The molecule has 1 rings (SSSR count). The van der Waals surface area contributed by atoms with Gasteiger partial charge in [-0.15, -0.1) is 0 Å². The number of carbonyl (C=O) groups is 2. The highest BCUT2D eigenvalue weighted by atomic mass is 16.4. The average molecular weight is 278 g/mol. The third-order valence-corrected chi connectivity index (χ3v) is 3.87. The van der Waals surface area contributed by atoms with Gasteiger partial charge in [-0.05, 0) is 49.9 Å².